The van der Waals surface area contributed by atoms with Gasteiger partial charge in [0.25, 0.3) is 5.91 Å². The maximum absolute atomic E-state index is 13.2. The largest absolute Gasteiger partial charge is 0.473 e. The van der Waals surface area contributed by atoms with Gasteiger partial charge in [0.15, 0.2) is 5.82 Å². The summed E-state index contributed by atoms with van der Waals surface area (Å²) in [4.78, 5) is 24.9. The molecule has 0 aliphatic carbocycles. The molecule has 1 N–H and O–H groups in total. The van der Waals surface area contributed by atoms with E-state index in [9.17, 15) is 4.79 Å². The van der Waals surface area contributed by atoms with Gasteiger partial charge in [-0.1, -0.05) is 0 Å². The van der Waals surface area contributed by atoms with Crippen LogP contribution in [0.4, 0.5) is 5.82 Å². The van der Waals surface area contributed by atoms with E-state index < -0.39 is 0 Å². The standard InChI is InChI=1S/C25H28N6O2S/c1-14-22(34-15(2)27-14)19-9-18-16(12-26-19)13-31(23(18)32)20-5-6-21(29-28-20)33-17-10-24(3)7-8-25(4,11-17)30-24/h5-6,9,12,17,30H,7-8,10-11,13H2,1-4H3. The van der Waals surface area contributed by atoms with Gasteiger partial charge in [0.2, 0.25) is 5.88 Å². The van der Waals surface area contributed by atoms with Crippen molar-refractivity contribution >= 4 is 23.1 Å². The Bertz CT molecular complexity index is 1270. The molecule has 2 bridgehead atoms. The van der Waals surface area contributed by atoms with Crippen LogP contribution in [0.15, 0.2) is 24.4 Å². The maximum atomic E-state index is 13.2. The smallest absolute Gasteiger partial charge is 0.260 e. The third-order valence-corrected chi connectivity index (χ3v) is 8.40. The number of piperidine rings is 1. The van der Waals surface area contributed by atoms with Crippen LogP contribution < -0.4 is 15.0 Å². The molecule has 0 aromatic carbocycles. The molecule has 3 aliphatic heterocycles. The van der Waals surface area contributed by atoms with E-state index in [1.807, 2.05) is 32.0 Å². The Morgan fingerprint density at radius 1 is 1.15 bits per heavy atom. The number of nitrogens with zero attached hydrogens (tertiary/aromatic N) is 5. The molecule has 34 heavy (non-hydrogen) atoms. The maximum Gasteiger partial charge on any atom is 0.260 e. The van der Waals surface area contributed by atoms with E-state index in [0.717, 1.165) is 39.7 Å². The van der Waals surface area contributed by atoms with Gasteiger partial charge in [-0.05, 0) is 52.7 Å². The van der Waals surface area contributed by atoms with Crippen LogP contribution >= 0.6 is 11.3 Å². The van der Waals surface area contributed by atoms with Crippen LogP contribution in [0.2, 0.25) is 0 Å². The average molecular weight is 477 g/mol. The summed E-state index contributed by atoms with van der Waals surface area (Å²) in [5.74, 6) is 0.937. The van der Waals surface area contributed by atoms with Crippen molar-refractivity contribution in [1.29, 1.82) is 0 Å². The second-order valence-corrected chi connectivity index (χ2v) is 11.6. The highest BCUT2D eigenvalue weighted by Gasteiger charge is 2.49. The first kappa shape index (κ1) is 21.6. The summed E-state index contributed by atoms with van der Waals surface area (Å²) in [5, 5.41) is 13.4. The van der Waals surface area contributed by atoms with E-state index >= 15 is 0 Å². The van der Waals surface area contributed by atoms with Crippen LogP contribution in [-0.4, -0.2) is 43.3 Å². The second kappa shape index (κ2) is 7.55. The Kier molecular flexibility index (Phi) is 4.80. The van der Waals surface area contributed by atoms with Crippen LogP contribution in [0, 0.1) is 13.8 Å². The highest BCUT2D eigenvalue weighted by Crippen LogP contribution is 2.43. The molecule has 2 atom stereocenters. The minimum absolute atomic E-state index is 0.0868. The van der Waals surface area contributed by atoms with Crippen molar-refractivity contribution in [2.24, 2.45) is 0 Å². The van der Waals surface area contributed by atoms with Gasteiger partial charge in [-0.25, -0.2) is 4.98 Å². The van der Waals surface area contributed by atoms with E-state index in [4.69, 9.17) is 4.74 Å². The monoisotopic (exact) mass is 476 g/mol. The normalized spacial score (nSPS) is 27.8. The molecule has 176 valence electrons. The van der Waals surface area contributed by atoms with Crippen LogP contribution in [0.5, 0.6) is 5.88 Å². The SMILES string of the molecule is Cc1nc(C)c(-c2cc3c(cn2)CN(c2ccc(OC4CC5(C)CCC(C)(C4)N5)nn2)C3=O)s1. The lowest BCUT2D eigenvalue weighted by Crippen LogP contribution is -2.56. The molecule has 1 amide bonds. The highest BCUT2D eigenvalue weighted by atomic mass is 32.1. The Balaban J connectivity index is 1.18. The molecule has 0 spiro atoms. The van der Waals surface area contributed by atoms with E-state index in [-0.39, 0.29) is 23.1 Å². The van der Waals surface area contributed by atoms with E-state index in [1.165, 1.54) is 12.8 Å². The summed E-state index contributed by atoms with van der Waals surface area (Å²) in [6, 6.07) is 5.51. The van der Waals surface area contributed by atoms with E-state index in [0.29, 0.717) is 23.8 Å². The summed E-state index contributed by atoms with van der Waals surface area (Å²) < 4.78 is 6.22. The summed E-state index contributed by atoms with van der Waals surface area (Å²) >= 11 is 1.59. The lowest BCUT2D eigenvalue weighted by Gasteiger charge is -2.41. The molecule has 9 heteroatoms. The molecule has 6 rings (SSSR count). The molecule has 6 heterocycles. The predicted molar refractivity (Wildman–Crippen MR) is 130 cm³/mol. The fourth-order valence-electron chi connectivity index (χ4n) is 5.84. The second-order valence-electron chi connectivity index (χ2n) is 10.4. The number of amides is 1. The molecule has 3 aromatic heterocycles. The van der Waals surface area contributed by atoms with Gasteiger partial charge in [0.1, 0.15) is 6.10 Å². The number of fused-ring (bicyclic) bond motifs is 3. The lowest BCUT2D eigenvalue weighted by atomic mass is 9.86. The lowest BCUT2D eigenvalue weighted by molar-refractivity contribution is 0.0753. The number of anilines is 1. The van der Waals surface area contributed by atoms with Gasteiger partial charge in [0, 0.05) is 47.3 Å². The van der Waals surface area contributed by atoms with Gasteiger partial charge in [-0.3, -0.25) is 14.7 Å². The van der Waals surface area contributed by atoms with Gasteiger partial charge in [-0.2, -0.15) is 0 Å². The van der Waals surface area contributed by atoms with Gasteiger partial charge in [-0.15, -0.1) is 21.5 Å². The molecule has 3 aromatic rings. The molecule has 2 fully saturated rings. The molecule has 2 saturated heterocycles. The highest BCUT2D eigenvalue weighted by molar-refractivity contribution is 7.15. The fraction of sp³-hybridized carbons (Fsp3) is 0.480. The zero-order valence-corrected chi connectivity index (χ0v) is 20.7. The molecule has 0 saturated carbocycles. The zero-order valence-electron chi connectivity index (χ0n) is 19.9. The summed E-state index contributed by atoms with van der Waals surface area (Å²) in [6.07, 6.45) is 6.16. The van der Waals surface area contributed by atoms with E-state index in [2.05, 4.69) is 39.3 Å². The molecule has 2 unspecified atom stereocenters. The topological polar surface area (TPSA) is 93.1 Å². The first-order valence-electron chi connectivity index (χ1n) is 11.8. The number of nitrogens with one attached hydrogen (secondary N) is 1. The molecular formula is C25H28N6O2S. The number of aromatic nitrogens is 4. The number of ether oxygens (including phenoxy) is 1. The predicted octanol–water partition coefficient (Wildman–Crippen LogP) is 4.21. The number of hydrogen-bond acceptors (Lipinski definition) is 8. The van der Waals surface area contributed by atoms with Crippen LogP contribution in [0.1, 0.15) is 66.2 Å². The summed E-state index contributed by atoms with van der Waals surface area (Å²) in [6.45, 7) is 8.93. The number of pyridine rings is 1. The number of aryl methyl sites for hydroxylation is 2. The Labute approximate surface area is 202 Å². The number of hydrogen-bond donors (Lipinski definition) is 1. The average Bonchev–Trinajstić information content (AvgIpc) is 3.38. The minimum atomic E-state index is -0.0868. The van der Waals surface area contributed by atoms with E-state index in [1.54, 1.807) is 22.4 Å². The number of carbonyl (C=O) groups is 1. The van der Waals surface area contributed by atoms with Crippen molar-refractivity contribution in [3.8, 4) is 16.5 Å². The van der Waals surface area contributed by atoms with Crippen molar-refractivity contribution < 1.29 is 9.53 Å². The van der Waals surface area contributed by atoms with Crippen molar-refractivity contribution in [1.82, 2.24) is 25.5 Å². The molecular weight excluding hydrogens is 448 g/mol. The Morgan fingerprint density at radius 2 is 1.91 bits per heavy atom. The summed E-state index contributed by atoms with van der Waals surface area (Å²) in [5.41, 5.74) is 3.52. The van der Waals surface area contributed by atoms with Crippen LogP contribution in [0.3, 0.4) is 0 Å². The van der Waals surface area contributed by atoms with Crippen LogP contribution in [0.25, 0.3) is 10.6 Å². The van der Waals surface area contributed by atoms with Crippen molar-refractivity contribution in [2.45, 2.75) is 77.1 Å². The fourth-order valence-corrected chi connectivity index (χ4v) is 6.72. The van der Waals surface area contributed by atoms with Crippen LogP contribution in [-0.2, 0) is 6.54 Å². The van der Waals surface area contributed by atoms with Gasteiger partial charge >= 0.3 is 0 Å². The van der Waals surface area contributed by atoms with Crippen molar-refractivity contribution in [2.75, 3.05) is 4.90 Å². The summed E-state index contributed by atoms with van der Waals surface area (Å²) in [7, 11) is 0. The van der Waals surface area contributed by atoms with Crippen molar-refractivity contribution in [3.05, 3.63) is 46.2 Å². The first-order chi connectivity index (χ1) is 16.2. The first-order valence-corrected chi connectivity index (χ1v) is 12.6. The molecule has 8 nitrogen and oxygen atoms in total. The Morgan fingerprint density at radius 3 is 2.56 bits per heavy atom. The van der Waals surface area contributed by atoms with Gasteiger partial charge in [0.05, 0.1) is 27.8 Å². The molecule has 0 radical (unpaired) electrons. The quantitative estimate of drug-likeness (QED) is 0.603. The van der Waals surface area contributed by atoms with Crippen molar-refractivity contribution in [3.63, 3.8) is 0 Å². The number of rotatable bonds is 4. The molecule has 3 aliphatic rings. The number of thiazole rings is 1. The van der Waals surface area contributed by atoms with Gasteiger partial charge < -0.3 is 10.1 Å². The minimum Gasteiger partial charge on any atom is -0.473 e. The zero-order chi connectivity index (χ0) is 23.7. The Hall–Kier alpha value is -2.91. The third-order valence-electron chi connectivity index (χ3n) is 7.31. The number of carbonyl (C=O) groups excluding carboxylic acids is 1. The third kappa shape index (κ3) is 3.67.